The van der Waals surface area contributed by atoms with Crippen LogP contribution in [0.25, 0.3) is 0 Å². The predicted octanol–water partition coefficient (Wildman–Crippen LogP) is 1.37. The Hall–Kier alpha value is -2.66. The molecule has 0 fully saturated rings. The van der Waals surface area contributed by atoms with Crippen LogP contribution in [0.4, 0.5) is 0 Å². The van der Waals surface area contributed by atoms with E-state index in [0.717, 1.165) is 0 Å². The summed E-state index contributed by atoms with van der Waals surface area (Å²) in [5, 5.41) is 2.61. The van der Waals surface area contributed by atoms with Gasteiger partial charge in [-0.15, -0.1) is 0 Å². The van der Waals surface area contributed by atoms with Gasteiger partial charge in [-0.3, -0.25) is 9.59 Å². The van der Waals surface area contributed by atoms with Crippen molar-refractivity contribution in [3.05, 3.63) is 65.7 Å². The molecule has 1 amide bonds. The van der Waals surface area contributed by atoms with Crippen LogP contribution in [0.1, 0.15) is 15.9 Å². The van der Waals surface area contributed by atoms with Gasteiger partial charge in [0, 0.05) is 24.2 Å². The third kappa shape index (κ3) is 4.43. The van der Waals surface area contributed by atoms with Gasteiger partial charge in [0.2, 0.25) is 0 Å². The van der Waals surface area contributed by atoms with Crippen LogP contribution in [-0.4, -0.2) is 31.4 Å². The van der Waals surface area contributed by atoms with Crippen LogP contribution >= 0.6 is 0 Å². The van der Waals surface area contributed by atoms with Crippen molar-refractivity contribution in [2.45, 2.75) is 0 Å². The van der Waals surface area contributed by atoms with Gasteiger partial charge in [0.05, 0.1) is 0 Å². The van der Waals surface area contributed by atoms with Gasteiger partial charge in [-0.25, -0.2) is 0 Å². The van der Waals surface area contributed by atoms with Crippen molar-refractivity contribution in [1.29, 1.82) is 0 Å². The molecule has 0 aliphatic carbocycles. The zero-order valence-electron chi connectivity index (χ0n) is 12.1. The Kier molecular flexibility index (Phi) is 5.68. The fourth-order valence-corrected chi connectivity index (χ4v) is 1.87. The van der Waals surface area contributed by atoms with Gasteiger partial charge in [0.15, 0.2) is 12.4 Å². The molecule has 0 bridgehead atoms. The van der Waals surface area contributed by atoms with E-state index in [0.29, 0.717) is 30.0 Å². The van der Waals surface area contributed by atoms with E-state index in [1.165, 1.54) is 0 Å². The Morgan fingerprint density at radius 2 is 1.59 bits per heavy atom. The van der Waals surface area contributed by atoms with Crippen LogP contribution in [-0.2, 0) is 4.79 Å². The van der Waals surface area contributed by atoms with Gasteiger partial charge >= 0.3 is 0 Å². The highest BCUT2D eigenvalue weighted by molar-refractivity contribution is 6.08. The second-order valence-electron chi connectivity index (χ2n) is 4.65. The maximum atomic E-state index is 12.2. The summed E-state index contributed by atoms with van der Waals surface area (Å²) in [7, 11) is 0. The molecular weight excluding hydrogens is 280 g/mol. The Labute approximate surface area is 129 Å². The number of benzene rings is 2. The average Bonchev–Trinajstić information content (AvgIpc) is 2.58. The molecule has 5 heteroatoms. The normalized spacial score (nSPS) is 10.0. The van der Waals surface area contributed by atoms with Gasteiger partial charge in [-0.2, -0.15) is 0 Å². The van der Waals surface area contributed by atoms with E-state index < -0.39 is 0 Å². The number of carbonyl (C=O) groups excluding carboxylic acids is 2. The maximum Gasteiger partial charge on any atom is 0.257 e. The van der Waals surface area contributed by atoms with E-state index in [1.807, 2.05) is 18.2 Å². The van der Waals surface area contributed by atoms with E-state index in [-0.39, 0.29) is 18.3 Å². The summed E-state index contributed by atoms with van der Waals surface area (Å²) in [6, 6.07) is 15.8. The molecule has 5 nitrogen and oxygen atoms in total. The summed E-state index contributed by atoms with van der Waals surface area (Å²) >= 11 is 0. The van der Waals surface area contributed by atoms with E-state index in [4.69, 9.17) is 10.5 Å². The third-order valence-electron chi connectivity index (χ3n) is 2.99. The summed E-state index contributed by atoms with van der Waals surface area (Å²) in [6.07, 6.45) is 0. The molecule has 114 valence electrons. The molecule has 0 aliphatic rings. The first-order valence-electron chi connectivity index (χ1n) is 7.00. The topological polar surface area (TPSA) is 81.4 Å². The number of ketones is 1. The van der Waals surface area contributed by atoms with Gasteiger partial charge in [-0.05, 0) is 24.3 Å². The lowest BCUT2D eigenvalue weighted by Crippen LogP contribution is -2.32. The Morgan fingerprint density at radius 3 is 2.23 bits per heavy atom. The van der Waals surface area contributed by atoms with Crippen molar-refractivity contribution in [3.8, 4) is 5.75 Å². The number of hydrogen-bond donors (Lipinski definition) is 2. The number of rotatable bonds is 7. The smallest absolute Gasteiger partial charge is 0.257 e. The number of amides is 1. The number of ether oxygens (including phenoxy) is 1. The molecular formula is C17H18N2O3. The number of nitrogens with two attached hydrogens (primary N) is 1. The standard InChI is InChI=1S/C17H18N2O3/c18-10-11-19-16(20)12-22-15-8-6-14(7-9-15)17(21)13-4-2-1-3-5-13/h1-9H,10-12,18H2,(H,19,20). The van der Waals surface area contributed by atoms with Crippen LogP contribution in [0.5, 0.6) is 5.75 Å². The lowest BCUT2D eigenvalue weighted by Gasteiger charge is -2.07. The largest absolute Gasteiger partial charge is 0.484 e. The Morgan fingerprint density at radius 1 is 0.955 bits per heavy atom. The summed E-state index contributed by atoms with van der Waals surface area (Å²) in [5.74, 6) is 0.259. The number of hydrogen-bond acceptors (Lipinski definition) is 4. The maximum absolute atomic E-state index is 12.2. The fourth-order valence-electron chi connectivity index (χ4n) is 1.87. The molecule has 0 aromatic heterocycles. The van der Waals surface area contributed by atoms with E-state index in [9.17, 15) is 9.59 Å². The highest BCUT2D eigenvalue weighted by Gasteiger charge is 2.08. The summed E-state index contributed by atoms with van der Waals surface area (Å²) in [6.45, 7) is 0.737. The minimum absolute atomic E-state index is 0.0483. The van der Waals surface area contributed by atoms with Crippen molar-refractivity contribution < 1.29 is 14.3 Å². The highest BCUT2D eigenvalue weighted by Crippen LogP contribution is 2.15. The molecule has 0 atom stereocenters. The Balaban J connectivity index is 1.93. The molecule has 2 aromatic carbocycles. The van der Waals surface area contributed by atoms with Crippen LogP contribution in [0.3, 0.4) is 0 Å². The quantitative estimate of drug-likeness (QED) is 0.757. The van der Waals surface area contributed by atoms with Gasteiger partial charge in [0.1, 0.15) is 5.75 Å². The molecule has 22 heavy (non-hydrogen) atoms. The molecule has 2 aromatic rings. The minimum Gasteiger partial charge on any atom is -0.484 e. The molecule has 0 saturated carbocycles. The highest BCUT2D eigenvalue weighted by atomic mass is 16.5. The first-order chi connectivity index (χ1) is 10.7. The second kappa shape index (κ2) is 7.95. The van der Waals surface area contributed by atoms with E-state index >= 15 is 0 Å². The van der Waals surface area contributed by atoms with Gasteiger partial charge in [-0.1, -0.05) is 30.3 Å². The number of carbonyl (C=O) groups is 2. The summed E-state index contributed by atoms with van der Waals surface area (Å²) in [4.78, 5) is 23.6. The molecule has 3 N–H and O–H groups in total. The first-order valence-corrected chi connectivity index (χ1v) is 7.00. The van der Waals surface area contributed by atoms with Crippen molar-refractivity contribution >= 4 is 11.7 Å². The monoisotopic (exact) mass is 298 g/mol. The molecule has 2 rings (SSSR count). The first kappa shape index (κ1) is 15.7. The van der Waals surface area contributed by atoms with Crippen LogP contribution in [0, 0.1) is 0 Å². The van der Waals surface area contributed by atoms with E-state index in [1.54, 1.807) is 36.4 Å². The molecule has 0 spiro atoms. The second-order valence-corrected chi connectivity index (χ2v) is 4.65. The average molecular weight is 298 g/mol. The van der Waals surface area contributed by atoms with Crippen molar-refractivity contribution in [2.75, 3.05) is 19.7 Å². The van der Waals surface area contributed by atoms with E-state index in [2.05, 4.69) is 5.32 Å². The molecule has 0 unspecified atom stereocenters. The Bertz CT molecular complexity index is 624. The number of nitrogens with one attached hydrogen (secondary N) is 1. The minimum atomic E-state index is -0.227. The van der Waals surface area contributed by atoms with Crippen LogP contribution in [0.15, 0.2) is 54.6 Å². The van der Waals surface area contributed by atoms with Gasteiger partial charge in [0.25, 0.3) is 5.91 Å². The van der Waals surface area contributed by atoms with Crippen LogP contribution < -0.4 is 15.8 Å². The lowest BCUT2D eigenvalue weighted by atomic mass is 10.0. The molecule has 0 saturated heterocycles. The van der Waals surface area contributed by atoms with Crippen molar-refractivity contribution in [2.24, 2.45) is 5.73 Å². The summed E-state index contributed by atoms with van der Waals surface area (Å²) in [5.41, 5.74) is 6.50. The van der Waals surface area contributed by atoms with Gasteiger partial charge < -0.3 is 15.8 Å². The van der Waals surface area contributed by atoms with Crippen molar-refractivity contribution in [1.82, 2.24) is 5.32 Å². The van der Waals surface area contributed by atoms with Crippen LogP contribution in [0.2, 0.25) is 0 Å². The SMILES string of the molecule is NCCNC(=O)COc1ccc(C(=O)c2ccccc2)cc1. The lowest BCUT2D eigenvalue weighted by molar-refractivity contribution is -0.123. The van der Waals surface area contributed by atoms with Crippen molar-refractivity contribution in [3.63, 3.8) is 0 Å². The fraction of sp³-hybridized carbons (Fsp3) is 0.176. The predicted molar refractivity (Wildman–Crippen MR) is 83.9 cm³/mol. The summed E-state index contributed by atoms with van der Waals surface area (Å²) < 4.78 is 5.34. The third-order valence-corrected chi connectivity index (χ3v) is 2.99. The molecule has 0 heterocycles. The zero-order chi connectivity index (χ0) is 15.8. The molecule has 0 aliphatic heterocycles. The zero-order valence-corrected chi connectivity index (χ0v) is 12.1. The molecule has 0 radical (unpaired) electrons.